The number of piperazine rings is 1. The van der Waals surface area contributed by atoms with Crippen molar-refractivity contribution in [2.75, 3.05) is 36.8 Å². The van der Waals surface area contributed by atoms with E-state index in [0.717, 1.165) is 31.9 Å². The Hall–Kier alpha value is -2.31. The van der Waals surface area contributed by atoms with Crippen molar-refractivity contribution in [3.8, 4) is 5.69 Å². The molecule has 3 aromatic rings. The van der Waals surface area contributed by atoms with Crippen LogP contribution in [-0.2, 0) is 0 Å². The highest BCUT2D eigenvalue weighted by Gasteiger charge is 2.12. The van der Waals surface area contributed by atoms with E-state index >= 15 is 0 Å². The highest BCUT2D eigenvalue weighted by molar-refractivity contribution is 6.35. The molecule has 1 saturated heterocycles. The zero-order chi connectivity index (χ0) is 15.8. The number of nitrogens with two attached hydrogens (primary N) is 1. The van der Waals surface area contributed by atoms with Crippen molar-refractivity contribution in [3.05, 3.63) is 41.4 Å². The lowest BCUT2D eigenvalue weighted by atomic mass is 10.2. The highest BCUT2D eigenvalue weighted by Crippen LogP contribution is 2.25. The lowest BCUT2D eigenvalue weighted by molar-refractivity contribution is 0.589. The molecule has 118 valence electrons. The predicted molar refractivity (Wildman–Crippen MR) is 93.4 cm³/mol. The van der Waals surface area contributed by atoms with Crippen LogP contribution < -0.4 is 16.0 Å². The van der Waals surface area contributed by atoms with Crippen molar-refractivity contribution in [3.63, 3.8) is 0 Å². The number of aromatic nitrogens is 3. The van der Waals surface area contributed by atoms with E-state index in [0.29, 0.717) is 21.7 Å². The Morgan fingerprint density at radius 3 is 2.43 bits per heavy atom. The third-order valence-electron chi connectivity index (χ3n) is 4.03. The summed E-state index contributed by atoms with van der Waals surface area (Å²) < 4.78 is 0. The first-order valence-corrected chi connectivity index (χ1v) is 7.97. The van der Waals surface area contributed by atoms with Crippen LogP contribution in [0.2, 0.25) is 5.02 Å². The van der Waals surface area contributed by atoms with Crippen LogP contribution in [0.15, 0.2) is 36.4 Å². The molecular weight excluding hydrogens is 312 g/mol. The summed E-state index contributed by atoms with van der Waals surface area (Å²) in [5, 5.41) is 12.8. The molecule has 2 aromatic carbocycles. The Morgan fingerprint density at radius 2 is 1.70 bits per heavy atom. The van der Waals surface area contributed by atoms with Crippen LogP contribution in [0.4, 0.5) is 11.4 Å². The minimum absolute atomic E-state index is 0.517. The van der Waals surface area contributed by atoms with Crippen molar-refractivity contribution in [2.24, 2.45) is 0 Å². The molecule has 3 N–H and O–H groups in total. The van der Waals surface area contributed by atoms with Crippen molar-refractivity contribution in [1.29, 1.82) is 0 Å². The lowest BCUT2D eigenvalue weighted by Gasteiger charge is -2.29. The van der Waals surface area contributed by atoms with Gasteiger partial charge < -0.3 is 16.0 Å². The molecule has 0 spiro atoms. The fourth-order valence-corrected chi connectivity index (χ4v) is 3.10. The maximum absolute atomic E-state index is 6.18. The Balaban J connectivity index is 1.66. The first-order chi connectivity index (χ1) is 11.2. The number of fused-ring (bicyclic) bond motifs is 1. The molecular formula is C16H17ClN6. The smallest absolute Gasteiger partial charge is 0.132 e. The standard InChI is InChI=1S/C16H17ClN6/c17-14-9-11(18)10-15-16(14)21-23(20-15)13-3-1-12(2-4-13)22-7-5-19-6-8-22/h1-4,9-10,19H,5-8,18H2. The molecule has 1 aliphatic rings. The van der Waals surface area contributed by atoms with Crippen LogP contribution in [0, 0.1) is 0 Å². The number of nitrogens with one attached hydrogen (secondary N) is 1. The Bertz CT molecular complexity index is 836. The Labute approximate surface area is 138 Å². The van der Waals surface area contributed by atoms with E-state index in [1.807, 2.05) is 12.1 Å². The van der Waals surface area contributed by atoms with Gasteiger partial charge in [0.2, 0.25) is 0 Å². The van der Waals surface area contributed by atoms with Gasteiger partial charge in [-0.25, -0.2) is 0 Å². The van der Waals surface area contributed by atoms with Gasteiger partial charge in [-0.15, -0.1) is 10.2 Å². The van der Waals surface area contributed by atoms with Crippen LogP contribution >= 0.6 is 11.6 Å². The van der Waals surface area contributed by atoms with Gasteiger partial charge in [0.15, 0.2) is 0 Å². The molecule has 1 aromatic heterocycles. The van der Waals surface area contributed by atoms with Crippen LogP contribution in [0.25, 0.3) is 16.7 Å². The monoisotopic (exact) mass is 328 g/mol. The number of anilines is 2. The van der Waals surface area contributed by atoms with Gasteiger partial charge in [0.25, 0.3) is 0 Å². The number of rotatable bonds is 2. The summed E-state index contributed by atoms with van der Waals surface area (Å²) in [7, 11) is 0. The summed E-state index contributed by atoms with van der Waals surface area (Å²) in [6.07, 6.45) is 0. The van der Waals surface area contributed by atoms with E-state index in [2.05, 4.69) is 32.5 Å². The molecule has 0 radical (unpaired) electrons. The van der Waals surface area contributed by atoms with E-state index < -0.39 is 0 Å². The van der Waals surface area contributed by atoms with Crippen molar-refractivity contribution >= 4 is 34.0 Å². The van der Waals surface area contributed by atoms with E-state index in [4.69, 9.17) is 17.3 Å². The second-order valence-electron chi connectivity index (χ2n) is 5.61. The van der Waals surface area contributed by atoms with E-state index in [9.17, 15) is 0 Å². The summed E-state index contributed by atoms with van der Waals surface area (Å²) in [5.41, 5.74) is 9.86. The molecule has 4 rings (SSSR count). The van der Waals surface area contributed by atoms with Crippen LogP contribution in [0.1, 0.15) is 0 Å². The van der Waals surface area contributed by atoms with Gasteiger partial charge in [-0.3, -0.25) is 0 Å². The summed E-state index contributed by atoms with van der Waals surface area (Å²) >= 11 is 6.18. The van der Waals surface area contributed by atoms with Crippen molar-refractivity contribution in [1.82, 2.24) is 20.3 Å². The number of nitrogens with zero attached hydrogens (tertiary/aromatic N) is 4. The zero-order valence-corrected chi connectivity index (χ0v) is 13.3. The molecule has 1 aliphatic heterocycles. The lowest BCUT2D eigenvalue weighted by Crippen LogP contribution is -2.43. The average Bonchev–Trinajstić information content (AvgIpc) is 3.00. The summed E-state index contributed by atoms with van der Waals surface area (Å²) in [6, 6.07) is 11.7. The number of nitrogen functional groups attached to an aromatic ring is 1. The normalized spacial score (nSPS) is 15.3. The minimum Gasteiger partial charge on any atom is -0.399 e. The first-order valence-electron chi connectivity index (χ1n) is 7.59. The summed E-state index contributed by atoms with van der Waals surface area (Å²) in [6.45, 7) is 4.10. The molecule has 6 nitrogen and oxygen atoms in total. The van der Waals surface area contributed by atoms with E-state index in [1.54, 1.807) is 16.9 Å². The fourth-order valence-electron chi connectivity index (χ4n) is 2.83. The van der Waals surface area contributed by atoms with Gasteiger partial charge in [0.1, 0.15) is 11.0 Å². The summed E-state index contributed by atoms with van der Waals surface area (Å²) in [4.78, 5) is 3.96. The molecule has 2 heterocycles. The maximum atomic E-state index is 6.18. The van der Waals surface area contributed by atoms with Crippen LogP contribution in [-0.4, -0.2) is 41.2 Å². The molecule has 0 amide bonds. The van der Waals surface area contributed by atoms with E-state index in [-0.39, 0.29) is 0 Å². The molecule has 0 aliphatic carbocycles. The first kappa shape index (κ1) is 14.3. The molecule has 1 fully saturated rings. The molecule has 0 saturated carbocycles. The average molecular weight is 329 g/mol. The minimum atomic E-state index is 0.517. The highest BCUT2D eigenvalue weighted by atomic mass is 35.5. The van der Waals surface area contributed by atoms with E-state index in [1.165, 1.54) is 5.69 Å². The third kappa shape index (κ3) is 2.71. The van der Waals surface area contributed by atoms with Crippen molar-refractivity contribution < 1.29 is 0 Å². The van der Waals surface area contributed by atoms with Gasteiger partial charge in [-0.1, -0.05) is 11.6 Å². The van der Waals surface area contributed by atoms with Crippen molar-refractivity contribution in [2.45, 2.75) is 0 Å². The SMILES string of the molecule is Nc1cc(Cl)c2nn(-c3ccc(N4CCNCC4)cc3)nc2c1. The number of hydrogen-bond donors (Lipinski definition) is 2. The Kier molecular flexibility index (Phi) is 3.55. The van der Waals surface area contributed by atoms with Crippen LogP contribution in [0.3, 0.4) is 0 Å². The molecule has 0 bridgehead atoms. The second-order valence-corrected chi connectivity index (χ2v) is 6.02. The largest absolute Gasteiger partial charge is 0.399 e. The predicted octanol–water partition coefficient (Wildman–Crippen LogP) is 2.07. The maximum Gasteiger partial charge on any atom is 0.132 e. The molecule has 23 heavy (non-hydrogen) atoms. The van der Waals surface area contributed by atoms with Crippen LogP contribution in [0.5, 0.6) is 0 Å². The zero-order valence-electron chi connectivity index (χ0n) is 12.5. The number of hydrogen-bond acceptors (Lipinski definition) is 5. The second kappa shape index (κ2) is 5.72. The molecule has 0 atom stereocenters. The van der Waals surface area contributed by atoms with Gasteiger partial charge in [0.05, 0.1) is 10.7 Å². The summed E-state index contributed by atoms with van der Waals surface area (Å²) in [5.74, 6) is 0. The number of benzene rings is 2. The fraction of sp³-hybridized carbons (Fsp3) is 0.250. The Morgan fingerprint density at radius 1 is 1.00 bits per heavy atom. The number of halogens is 1. The third-order valence-corrected chi connectivity index (χ3v) is 4.31. The quantitative estimate of drug-likeness (QED) is 0.705. The molecule has 7 heteroatoms. The van der Waals surface area contributed by atoms with Gasteiger partial charge in [-0.05, 0) is 36.4 Å². The topological polar surface area (TPSA) is 72.0 Å². The molecule has 0 unspecified atom stereocenters. The van der Waals surface area contributed by atoms with Gasteiger partial charge >= 0.3 is 0 Å². The van der Waals surface area contributed by atoms with Gasteiger partial charge in [-0.2, -0.15) is 4.80 Å². The van der Waals surface area contributed by atoms with Gasteiger partial charge in [0, 0.05) is 37.6 Å².